The Morgan fingerprint density at radius 2 is 1.81 bits per heavy atom. The van der Waals surface area contributed by atoms with Crippen LogP contribution in [0.1, 0.15) is 41.6 Å². The van der Waals surface area contributed by atoms with Crippen molar-refractivity contribution >= 4 is 24.0 Å². The monoisotopic (exact) mass is 382 g/mol. The normalized spacial score (nSPS) is 20.6. The van der Waals surface area contributed by atoms with Crippen LogP contribution in [-0.4, -0.2) is 11.4 Å². The smallest absolute Gasteiger partial charge is 0.255 e. The van der Waals surface area contributed by atoms with Crippen molar-refractivity contribution < 1.29 is 9.21 Å². The summed E-state index contributed by atoms with van der Waals surface area (Å²) >= 11 is 0. The van der Waals surface area contributed by atoms with E-state index in [4.69, 9.17) is 10.2 Å². The van der Waals surface area contributed by atoms with Crippen LogP contribution in [-0.2, 0) is 0 Å². The van der Waals surface area contributed by atoms with Crippen molar-refractivity contribution in [3.63, 3.8) is 0 Å². The second kappa shape index (κ2) is 7.59. The van der Waals surface area contributed by atoms with E-state index in [1.54, 1.807) is 12.5 Å². The summed E-state index contributed by atoms with van der Waals surface area (Å²) < 4.78 is 5.09. The Labute approximate surface area is 165 Å². The minimum Gasteiger partial charge on any atom is -0.472 e. The minimum absolute atomic E-state index is 0. The van der Waals surface area contributed by atoms with Crippen molar-refractivity contribution in [1.29, 1.82) is 0 Å². The van der Waals surface area contributed by atoms with Crippen LogP contribution < -0.4 is 11.1 Å². The summed E-state index contributed by atoms with van der Waals surface area (Å²) in [5.41, 5.74) is 10.9. The third kappa shape index (κ3) is 3.92. The van der Waals surface area contributed by atoms with E-state index in [2.05, 4.69) is 24.4 Å². The molecule has 0 bridgehead atoms. The SMILES string of the molecule is CCC1(N)CC1c1ccc(NC(=O)c2ccc(-c3ccoc3)cc2)cc1.Cl. The Morgan fingerprint density at radius 1 is 1.11 bits per heavy atom. The van der Waals surface area contributed by atoms with Crippen LogP contribution in [0.3, 0.4) is 0 Å². The molecule has 27 heavy (non-hydrogen) atoms. The van der Waals surface area contributed by atoms with Gasteiger partial charge in [-0.25, -0.2) is 0 Å². The van der Waals surface area contributed by atoms with Gasteiger partial charge in [0.05, 0.1) is 12.5 Å². The van der Waals surface area contributed by atoms with Gasteiger partial charge < -0.3 is 15.5 Å². The number of carbonyl (C=O) groups excluding carboxylic acids is 1. The Kier molecular flexibility index (Phi) is 5.40. The van der Waals surface area contributed by atoms with E-state index in [9.17, 15) is 4.79 Å². The fraction of sp³-hybridized carbons (Fsp3) is 0.227. The van der Waals surface area contributed by atoms with E-state index in [1.165, 1.54) is 5.56 Å². The zero-order valence-electron chi connectivity index (χ0n) is 15.1. The van der Waals surface area contributed by atoms with Gasteiger partial charge in [0.2, 0.25) is 0 Å². The molecule has 2 unspecified atom stereocenters. The highest BCUT2D eigenvalue weighted by atomic mass is 35.5. The van der Waals surface area contributed by atoms with E-state index >= 15 is 0 Å². The second-order valence-electron chi connectivity index (χ2n) is 7.01. The number of nitrogens with one attached hydrogen (secondary N) is 1. The number of nitrogens with two attached hydrogens (primary N) is 1. The molecule has 5 heteroatoms. The summed E-state index contributed by atoms with van der Waals surface area (Å²) in [6.07, 6.45) is 5.35. The Bertz CT molecular complexity index is 905. The first-order valence-electron chi connectivity index (χ1n) is 8.92. The number of halogens is 1. The molecule has 2 aromatic carbocycles. The predicted octanol–water partition coefficient (Wildman–Crippen LogP) is 5.22. The third-order valence-corrected chi connectivity index (χ3v) is 5.35. The van der Waals surface area contributed by atoms with Crippen LogP contribution in [0.5, 0.6) is 0 Å². The van der Waals surface area contributed by atoms with Crippen molar-refractivity contribution in [3.8, 4) is 11.1 Å². The fourth-order valence-electron chi connectivity index (χ4n) is 3.41. The first kappa shape index (κ1) is 19.2. The van der Waals surface area contributed by atoms with Gasteiger partial charge in [-0.15, -0.1) is 12.4 Å². The molecule has 1 aromatic heterocycles. The van der Waals surface area contributed by atoms with Crippen LogP contribution in [0, 0.1) is 0 Å². The first-order valence-corrected chi connectivity index (χ1v) is 8.92. The van der Waals surface area contributed by atoms with Gasteiger partial charge in [0.1, 0.15) is 0 Å². The van der Waals surface area contributed by atoms with E-state index in [0.717, 1.165) is 29.7 Å². The van der Waals surface area contributed by atoms with E-state index < -0.39 is 0 Å². The van der Waals surface area contributed by atoms with Crippen LogP contribution in [0.2, 0.25) is 0 Å². The third-order valence-electron chi connectivity index (χ3n) is 5.35. The number of benzene rings is 2. The maximum atomic E-state index is 12.4. The summed E-state index contributed by atoms with van der Waals surface area (Å²) in [5.74, 6) is 0.317. The van der Waals surface area contributed by atoms with Gasteiger partial charge in [-0.05, 0) is 54.3 Å². The van der Waals surface area contributed by atoms with Gasteiger partial charge in [0, 0.05) is 28.3 Å². The first-order chi connectivity index (χ1) is 12.6. The predicted molar refractivity (Wildman–Crippen MR) is 110 cm³/mol. The lowest BCUT2D eigenvalue weighted by Crippen LogP contribution is -2.22. The van der Waals surface area contributed by atoms with Crippen molar-refractivity contribution in [3.05, 3.63) is 78.3 Å². The average molecular weight is 383 g/mol. The van der Waals surface area contributed by atoms with Crippen LogP contribution in [0.25, 0.3) is 11.1 Å². The molecule has 0 radical (unpaired) electrons. The molecular weight excluding hydrogens is 360 g/mol. The number of furan rings is 1. The zero-order chi connectivity index (χ0) is 18.1. The van der Waals surface area contributed by atoms with Gasteiger partial charge in [0.15, 0.2) is 0 Å². The molecule has 2 atom stereocenters. The standard InChI is InChI=1S/C22H22N2O2.ClH/c1-2-22(23)13-20(22)16-7-9-19(10-8-16)24-21(25)17-5-3-15(4-6-17)18-11-12-26-14-18;/h3-12,14,20H,2,13,23H2,1H3,(H,24,25);1H. The van der Waals surface area contributed by atoms with Crippen LogP contribution >= 0.6 is 12.4 Å². The molecule has 1 fully saturated rings. The maximum absolute atomic E-state index is 12.4. The summed E-state index contributed by atoms with van der Waals surface area (Å²) in [6, 6.07) is 17.4. The van der Waals surface area contributed by atoms with Crippen LogP contribution in [0.4, 0.5) is 5.69 Å². The molecule has 140 valence electrons. The lowest BCUT2D eigenvalue weighted by Gasteiger charge is -2.10. The Balaban J connectivity index is 0.00000210. The van der Waals surface area contributed by atoms with E-state index in [1.807, 2.05) is 42.5 Å². The topological polar surface area (TPSA) is 68.3 Å². The Morgan fingerprint density at radius 3 is 2.37 bits per heavy atom. The van der Waals surface area contributed by atoms with Gasteiger partial charge in [-0.2, -0.15) is 0 Å². The number of carbonyl (C=O) groups is 1. The highest BCUT2D eigenvalue weighted by Gasteiger charge is 2.49. The van der Waals surface area contributed by atoms with Crippen LogP contribution in [0.15, 0.2) is 71.5 Å². The lowest BCUT2D eigenvalue weighted by molar-refractivity contribution is 0.102. The molecule has 4 nitrogen and oxygen atoms in total. The molecule has 3 N–H and O–H groups in total. The summed E-state index contributed by atoms with van der Waals surface area (Å²) in [7, 11) is 0. The largest absolute Gasteiger partial charge is 0.472 e. The highest BCUT2D eigenvalue weighted by molar-refractivity contribution is 6.04. The molecule has 1 saturated carbocycles. The van der Waals surface area contributed by atoms with Gasteiger partial charge in [0.25, 0.3) is 5.91 Å². The minimum atomic E-state index is -0.121. The van der Waals surface area contributed by atoms with Crippen molar-refractivity contribution in [2.24, 2.45) is 5.73 Å². The molecule has 1 heterocycles. The number of hydrogen-bond acceptors (Lipinski definition) is 3. The van der Waals surface area contributed by atoms with Crippen molar-refractivity contribution in [2.75, 3.05) is 5.32 Å². The van der Waals surface area contributed by atoms with E-state index in [-0.39, 0.29) is 23.9 Å². The van der Waals surface area contributed by atoms with E-state index in [0.29, 0.717) is 11.5 Å². The second-order valence-corrected chi connectivity index (χ2v) is 7.01. The maximum Gasteiger partial charge on any atom is 0.255 e. The number of amides is 1. The summed E-state index contributed by atoms with van der Waals surface area (Å²) in [4.78, 5) is 12.4. The van der Waals surface area contributed by atoms with Gasteiger partial charge in [-0.3, -0.25) is 4.79 Å². The molecule has 1 aliphatic carbocycles. The molecule has 0 spiro atoms. The highest BCUT2D eigenvalue weighted by Crippen LogP contribution is 2.51. The molecule has 1 amide bonds. The fourth-order valence-corrected chi connectivity index (χ4v) is 3.41. The molecule has 4 rings (SSSR count). The molecule has 0 aliphatic heterocycles. The molecule has 1 aliphatic rings. The molecular formula is C22H23ClN2O2. The quantitative estimate of drug-likeness (QED) is 0.636. The molecule has 0 saturated heterocycles. The Hall–Kier alpha value is -2.56. The number of hydrogen-bond donors (Lipinski definition) is 2. The zero-order valence-corrected chi connectivity index (χ0v) is 16.0. The number of anilines is 1. The van der Waals surface area contributed by atoms with Gasteiger partial charge >= 0.3 is 0 Å². The molecule has 3 aromatic rings. The summed E-state index contributed by atoms with van der Waals surface area (Å²) in [5, 5.41) is 2.94. The lowest BCUT2D eigenvalue weighted by atomic mass is 10.0. The average Bonchev–Trinajstić information content (AvgIpc) is 3.08. The van der Waals surface area contributed by atoms with Crippen molar-refractivity contribution in [1.82, 2.24) is 0 Å². The summed E-state index contributed by atoms with van der Waals surface area (Å²) in [6.45, 7) is 2.13. The van der Waals surface area contributed by atoms with Gasteiger partial charge in [-0.1, -0.05) is 31.2 Å². The number of rotatable bonds is 5. The van der Waals surface area contributed by atoms with Crippen molar-refractivity contribution in [2.45, 2.75) is 31.2 Å².